The first-order valence-corrected chi connectivity index (χ1v) is 8.24. The molecule has 0 aliphatic carbocycles. The molecule has 8 heteroatoms. The molecule has 0 spiro atoms. The summed E-state index contributed by atoms with van der Waals surface area (Å²) in [5.74, 6) is 0.481. The van der Waals surface area contributed by atoms with Crippen molar-refractivity contribution in [1.29, 1.82) is 0 Å². The topological polar surface area (TPSA) is 77.6 Å². The van der Waals surface area contributed by atoms with Crippen LogP contribution in [0.2, 0.25) is 0 Å². The Morgan fingerprint density at radius 3 is 2.78 bits per heavy atom. The van der Waals surface area contributed by atoms with E-state index in [2.05, 4.69) is 32.3 Å². The molecular formula is C15H26N6O2. The Kier molecular flexibility index (Phi) is 5.24. The zero-order valence-corrected chi connectivity index (χ0v) is 13.9. The lowest BCUT2D eigenvalue weighted by Gasteiger charge is -2.32. The summed E-state index contributed by atoms with van der Waals surface area (Å²) in [4.78, 5) is 18.9. The first-order valence-electron chi connectivity index (χ1n) is 8.24. The molecule has 3 heterocycles. The molecule has 1 N–H and O–H groups in total. The zero-order valence-electron chi connectivity index (χ0n) is 13.9. The highest BCUT2D eigenvalue weighted by atomic mass is 16.5. The van der Waals surface area contributed by atoms with Crippen molar-refractivity contribution in [2.45, 2.75) is 18.4 Å². The Bertz CT molecular complexity index is 500. The van der Waals surface area contributed by atoms with Gasteiger partial charge in [0.05, 0.1) is 18.0 Å². The molecule has 2 aliphatic heterocycles. The predicted molar refractivity (Wildman–Crippen MR) is 85.1 cm³/mol. The average Bonchev–Trinajstić information content (AvgIpc) is 3.22. The molecule has 0 aromatic carbocycles. The van der Waals surface area contributed by atoms with E-state index in [4.69, 9.17) is 4.74 Å². The number of hydrogen-bond donors (Lipinski definition) is 1. The summed E-state index contributed by atoms with van der Waals surface area (Å²) in [6.07, 6.45) is 2.44. The standard InChI is InChI=1S/C15H26N6O2/c1-19-5-7-21(8-6-19)15(22)3-4-20-10-12(14(11-20)23-2)13-9-16-18-17-13/h9,12,14H,3-8,10-11H2,1-2H3,(H,16,17,18)/t12-,14+/m0/s1. The van der Waals surface area contributed by atoms with Crippen LogP contribution in [0.4, 0.5) is 0 Å². The fraction of sp³-hybridized carbons (Fsp3) is 0.800. The molecule has 0 radical (unpaired) electrons. The van der Waals surface area contributed by atoms with Crippen LogP contribution < -0.4 is 0 Å². The second-order valence-electron chi connectivity index (χ2n) is 6.47. The van der Waals surface area contributed by atoms with E-state index in [-0.39, 0.29) is 17.9 Å². The van der Waals surface area contributed by atoms with Crippen LogP contribution in [-0.4, -0.2) is 102 Å². The quantitative estimate of drug-likeness (QED) is 0.779. The number of likely N-dealkylation sites (tertiary alicyclic amines) is 1. The van der Waals surface area contributed by atoms with Gasteiger partial charge in [0.25, 0.3) is 0 Å². The molecule has 128 valence electrons. The van der Waals surface area contributed by atoms with Crippen molar-refractivity contribution in [1.82, 2.24) is 30.1 Å². The summed E-state index contributed by atoms with van der Waals surface area (Å²) >= 11 is 0. The molecule has 0 unspecified atom stereocenters. The van der Waals surface area contributed by atoms with Gasteiger partial charge in [0, 0.05) is 65.3 Å². The van der Waals surface area contributed by atoms with Crippen molar-refractivity contribution in [3.8, 4) is 0 Å². The van der Waals surface area contributed by atoms with E-state index in [1.54, 1.807) is 13.3 Å². The summed E-state index contributed by atoms with van der Waals surface area (Å²) < 4.78 is 5.59. The zero-order chi connectivity index (χ0) is 16.2. The van der Waals surface area contributed by atoms with Crippen LogP contribution in [0.1, 0.15) is 18.0 Å². The molecule has 2 atom stereocenters. The third kappa shape index (κ3) is 3.88. The smallest absolute Gasteiger partial charge is 0.223 e. The predicted octanol–water partition coefficient (Wildman–Crippen LogP) is -0.617. The Hall–Kier alpha value is -1.51. The molecule has 23 heavy (non-hydrogen) atoms. The minimum atomic E-state index is 0.110. The molecule has 2 fully saturated rings. The molecule has 2 saturated heterocycles. The molecule has 1 aromatic rings. The maximum absolute atomic E-state index is 12.3. The van der Waals surface area contributed by atoms with Crippen molar-refractivity contribution in [3.63, 3.8) is 0 Å². The van der Waals surface area contributed by atoms with Gasteiger partial charge in [-0.1, -0.05) is 0 Å². The summed E-state index contributed by atoms with van der Waals surface area (Å²) in [5, 5.41) is 10.7. The lowest BCUT2D eigenvalue weighted by atomic mass is 10.0. The highest BCUT2D eigenvalue weighted by molar-refractivity contribution is 5.76. The van der Waals surface area contributed by atoms with Crippen LogP contribution in [0.15, 0.2) is 6.20 Å². The van der Waals surface area contributed by atoms with E-state index in [1.165, 1.54) is 0 Å². The highest BCUT2D eigenvalue weighted by Crippen LogP contribution is 2.27. The third-order valence-electron chi connectivity index (χ3n) is 4.96. The van der Waals surface area contributed by atoms with Gasteiger partial charge >= 0.3 is 0 Å². The molecular weight excluding hydrogens is 296 g/mol. The van der Waals surface area contributed by atoms with Crippen LogP contribution in [0, 0.1) is 0 Å². The van der Waals surface area contributed by atoms with Crippen LogP contribution in [0.25, 0.3) is 0 Å². The second kappa shape index (κ2) is 7.37. The van der Waals surface area contributed by atoms with E-state index in [1.807, 2.05) is 4.90 Å². The minimum absolute atomic E-state index is 0.110. The molecule has 0 saturated carbocycles. The number of carbonyl (C=O) groups excluding carboxylic acids is 1. The number of aromatic nitrogens is 3. The van der Waals surface area contributed by atoms with E-state index >= 15 is 0 Å². The maximum atomic E-state index is 12.3. The molecule has 8 nitrogen and oxygen atoms in total. The van der Waals surface area contributed by atoms with E-state index in [0.29, 0.717) is 6.42 Å². The summed E-state index contributed by atoms with van der Waals surface area (Å²) in [6.45, 7) is 6.10. The van der Waals surface area contributed by atoms with Crippen molar-refractivity contribution in [2.75, 3.05) is 60.0 Å². The number of aromatic amines is 1. The number of nitrogens with zero attached hydrogens (tertiary/aromatic N) is 5. The van der Waals surface area contributed by atoms with E-state index < -0.39 is 0 Å². The Balaban J connectivity index is 1.48. The van der Waals surface area contributed by atoms with E-state index in [0.717, 1.165) is 51.5 Å². The fourth-order valence-electron chi connectivity index (χ4n) is 3.41. The molecule has 1 amide bonds. The number of H-pyrrole nitrogens is 1. The van der Waals surface area contributed by atoms with Gasteiger partial charge < -0.3 is 14.5 Å². The normalized spacial score (nSPS) is 26.8. The first kappa shape index (κ1) is 16.4. The van der Waals surface area contributed by atoms with Gasteiger partial charge in [0.1, 0.15) is 0 Å². The second-order valence-corrected chi connectivity index (χ2v) is 6.47. The molecule has 1 aromatic heterocycles. The monoisotopic (exact) mass is 322 g/mol. The Morgan fingerprint density at radius 2 is 2.13 bits per heavy atom. The number of ether oxygens (including phenoxy) is 1. The number of piperazine rings is 1. The van der Waals surface area contributed by atoms with Crippen LogP contribution in [-0.2, 0) is 9.53 Å². The molecule has 3 rings (SSSR count). The fourth-order valence-corrected chi connectivity index (χ4v) is 3.41. The van der Waals surface area contributed by atoms with Gasteiger partial charge in [0.2, 0.25) is 5.91 Å². The summed E-state index contributed by atoms with van der Waals surface area (Å²) in [7, 11) is 3.83. The van der Waals surface area contributed by atoms with Crippen LogP contribution in [0.5, 0.6) is 0 Å². The van der Waals surface area contributed by atoms with Crippen molar-refractivity contribution in [3.05, 3.63) is 11.9 Å². The van der Waals surface area contributed by atoms with Crippen molar-refractivity contribution >= 4 is 5.91 Å². The number of nitrogens with one attached hydrogen (secondary N) is 1. The van der Waals surface area contributed by atoms with Gasteiger partial charge in [-0.2, -0.15) is 15.4 Å². The average molecular weight is 322 g/mol. The van der Waals surface area contributed by atoms with Gasteiger partial charge in [-0.3, -0.25) is 9.69 Å². The van der Waals surface area contributed by atoms with Crippen molar-refractivity contribution < 1.29 is 9.53 Å². The van der Waals surface area contributed by atoms with Crippen LogP contribution >= 0.6 is 0 Å². The highest BCUT2D eigenvalue weighted by Gasteiger charge is 2.35. The maximum Gasteiger partial charge on any atom is 0.223 e. The largest absolute Gasteiger partial charge is 0.379 e. The number of likely N-dealkylation sites (N-methyl/N-ethyl adjacent to an activating group) is 1. The number of rotatable bonds is 5. The lowest BCUT2D eigenvalue weighted by molar-refractivity contribution is -0.133. The number of hydrogen-bond acceptors (Lipinski definition) is 6. The van der Waals surface area contributed by atoms with Gasteiger partial charge in [-0.15, -0.1) is 0 Å². The number of carbonyl (C=O) groups is 1. The number of methoxy groups -OCH3 is 1. The van der Waals surface area contributed by atoms with Gasteiger partial charge in [0.15, 0.2) is 0 Å². The minimum Gasteiger partial charge on any atom is -0.379 e. The first-order chi connectivity index (χ1) is 11.2. The third-order valence-corrected chi connectivity index (χ3v) is 4.96. The van der Waals surface area contributed by atoms with Gasteiger partial charge in [-0.05, 0) is 7.05 Å². The Labute approximate surface area is 136 Å². The summed E-state index contributed by atoms with van der Waals surface area (Å²) in [5.41, 5.74) is 0.935. The molecule has 0 bridgehead atoms. The van der Waals surface area contributed by atoms with E-state index in [9.17, 15) is 4.79 Å². The van der Waals surface area contributed by atoms with Crippen LogP contribution in [0.3, 0.4) is 0 Å². The SMILES string of the molecule is CO[C@@H]1CN(CCC(=O)N2CCN(C)CC2)C[C@H]1c1cn[nH]n1. The number of amides is 1. The lowest BCUT2D eigenvalue weighted by Crippen LogP contribution is -2.47. The Morgan fingerprint density at radius 1 is 1.35 bits per heavy atom. The van der Waals surface area contributed by atoms with Gasteiger partial charge in [-0.25, -0.2) is 0 Å². The molecule has 2 aliphatic rings. The van der Waals surface area contributed by atoms with Crippen molar-refractivity contribution in [2.24, 2.45) is 0 Å². The summed E-state index contributed by atoms with van der Waals surface area (Å²) in [6, 6.07) is 0.